The minimum atomic E-state index is 0.0322. The molecule has 0 atom stereocenters. The van der Waals surface area contributed by atoms with Crippen LogP contribution in [-0.4, -0.2) is 5.78 Å². The Hall–Kier alpha value is -2.09. The first kappa shape index (κ1) is 12.0. The van der Waals surface area contributed by atoms with Crippen molar-refractivity contribution in [3.63, 3.8) is 0 Å². The molecule has 0 N–H and O–H groups in total. The molecule has 0 unspecified atom stereocenters. The van der Waals surface area contributed by atoms with E-state index in [1.807, 2.05) is 24.3 Å². The summed E-state index contributed by atoms with van der Waals surface area (Å²) in [6.07, 6.45) is 9.62. The zero-order valence-electron chi connectivity index (χ0n) is 10.8. The largest absolute Gasteiger partial charge is 0.465 e. The van der Waals surface area contributed by atoms with Crippen LogP contribution in [0.4, 0.5) is 0 Å². The number of furan rings is 1. The van der Waals surface area contributed by atoms with Crippen LogP contribution < -0.4 is 0 Å². The molecule has 1 aliphatic carbocycles. The molecule has 0 fully saturated rings. The van der Waals surface area contributed by atoms with Crippen molar-refractivity contribution in [3.8, 4) is 0 Å². The topological polar surface area (TPSA) is 30.2 Å². The molecule has 0 saturated carbocycles. The summed E-state index contributed by atoms with van der Waals surface area (Å²) in [6.45, 7) is 0. The van der Waals surface area contributed by atoms with Crippen molar-refractivity contribution in [2.75, 3.05) is 0 Å². The van der Waals surface area contributed by atoms with Gasteiger partial charge in [-0.05, 0) is 67.2 Å². The predicted octanol–water partition coefficient (Wildman–Crippen LogP) is 4.05. The monoisotopic (exact) mass is 252 g/mol. The fourth-order valence-electron chi connectivity index (χ4n) is 2.53. The van der Waals surface area contributed by atoms with Crippen molar-refractivity contribution in [1.82, 2.24) is 0 Å². The lowest BCUT2D eigenvalue weighted by molar-refractivity contribution is 0.104. The highest BCUT2D eigenvalue weighted by Crippen LogP contribution is 2.22. The lowest BCUT2D eigenvalue weighted by Crippen LogP contribution is -2.05. The first-order valence-electron chi connectivity index (χ1n) is 6.71. The maximum absolute atomic E-state index is 12.1. The summed E-state index contributed by atoms with van der Waals surface area (Å²) in [7, 11) is 0. The number of allylic oxidation sites excluding steroid dienone is 1. The Balaban J connectivity index is 1.80. The van der Waals surface area contributed by atoms with Crippen molar-refractivity contribution >= 4 is 11.9 Å². The summed E-state index contributed by atoms with van der Waals surface area (Å²) < 4.78 is 5.17. The quantitative estimate of drug-likeness (QED) is 0.609. The molecule has 3 rings (SSSR count). The SMILES string of the molecule is O=C(/C=C/c1ccco1)c1ccc2c(c1)CCCC2. The number of hydrogen-bond donors (Lipinski definition) is 0. The van der Waals surface area contributed by atoms with Crippen LogP contribution in [0.2, 0.25) is 0 Å². The molecule has 1 aliphatic rings. The van der Waals surface area contributed by atoms with Gasteiger partial charge in [0.25, 0.3) is 0 Å². The Morgan fingerprint density at radius 3 is 2.74 bits per heavy atom. The normalized spacial score (nSPS) is 14.5. The van der Waals surface area contributed by atoms with E-state index in [4.69, 9.17) is 4.42 Å². The molecule has 2 heteroatoms. The van der Waals surface area contributed by atoms with E-state index in [1.165, 1.54) is 24.0 Å². The van der Waals surface area contributed by atoms with Gasteiger partial charge in [-0.15, -0.1) is 0 Å². The summed E-state index contributed by atoms with van der Waals surface area (Å²) in [5, 5.41) is 0. The smallest absolute Gasteiger partial charge is 0.185 e. The van der Waals surface area contributed by atoms with Crippen LogP contribution in [0.5, 0.6) is 0 Å². The number of carbonyl (C=O) groups is 1. The van der Waals surface area contributed by atoms with Crippen molar-refractivity contribution < 1.29 is 9.21 Å². The Labute approximate surface area is 112 Å². The van der Waals surface area contributed by atoms with E-state index >= 15 is 0 Å². The first-order valence-corrected chi connectivity index (χ1v) is 6.71. The predicted molar refractivity (Wildman–Crippen MR) is 75.2 cm³/mol. The Morgan fingerprint density at radius 2 is 1.95 bits per heavy atom. The van der Waals surface area contributed by atoms with Crippen LogP contribution in [0.3, 0.4) is 0 Å². The van der Waals surface area contributed by atoms with Crippen LogP contribution in [0, 0.1) is 0 Å². The summed E-state index contributed by atoms with van der Waals surface area (Å²) in [5.41, 5.74) is 3.50. The van der Waals surface area contributed by atoms with E-state index < -0.39 is 0 Å². The molecule has 0 aliphatic heterocycles. The van der Waals surface area contributed by atoms with E-state index in [0.717, 1.165) is 18.4 Å². The molecular weight excluding hydrogens is 236 g/mol. The van der Waals surface area contributed by atoms with Gasteiger partial charge in [-0.25, -0.2) is 0 Å². The second-order valence-corrected chi connectivity index (χ2v) is 4.90. The fourth-order valence-corrected chi connectivity index (χ4v) is 2.53. The molecule has 2 nitrogen and oxygen atoms in total. The third kappa shape index (κ3) is 2.68. The molecule has 1 aromatic heterocycles. The second kappa shape index (κ2) is 5.27. The maximum Gasteiger partial charge on any atom is 0.185 e. The van der Waals surface area contributed by atoms with Gasteiger partial charge in [0.15, 0.2) is 5.78 Å². The van der Waals surface area contributed by atoms with E-state index in [1.54, 1.807) is 18.4 Å². The molecule has 1 heterocycles. The minimum absolute atomic E-state index is 0.0322. The lowest BCUT2D eigenvalue weighted by atomic mass is 9.90. The second-order valence-electron chi connectivity index (χ2n) is 4.90. The van der Waals surface area contributed by atoms with E-state index in [9.17, 15) is 4.79 Å². The molecule has 1 aromatic carbocycles. The third-order valence-electron chi connectivity index (χ3n) is 3.58. The Morgan fingerprint density at radius 1 is 1.11 bits per heavy atom. The summed E-state index contributed by atoms with van der Waals surface area (Å²) in [5.74, 6) is 0.732. The minimum Gasteiger partial charge on any atom is -0.465 e. The number of aryl methyl sites for hydroxylation is 2. The van der Waals surface area contributed by atoms with Crippen LogP contribution in [0.15, 0.2) is 47.1 Å². The molecule has 0 spiro atoms. The Bertz CT molecular complexity index is 606. The van der Waals surface area contributed by atoms with Gasteiger partial charge in [0.05, 0.1) is 6.26 Å². The van der Waals surface area contributed by atoms with E-state index in [2.05, 4.69) is 6.07 Å². The van der Waals surface area contributed by atoms with Gasteiger partial charge in [-0.1, -0.05) is 12.1 Å². The molecule has 0 amide bonds. The average molecular weight is 252 g/mol. The van der Waals surface area contributed by atoms with Crippen LogP contribution in [-0.2, 0) is 12.8 Å². The molecule has 2 aromatic rings. The molecule has 0 saturated heterocycles. The number of benzene rings is 1. The van der Waals surface area contributed by atoms with Gasteiger partial charge in [0.1, 0.15) is 5.76 Å². The van der Waals surface area contributed by atoms with Crippen LogP contribution in [0.1, 0.15) is 40.1 Å². The van der Waals surface area contributed by atoms with Crippen LogP contribution in [0.25, 0.3) is 6.08 Å². The number of hydrogen-bond acceptors (Lipinski definition) is 2. The van der Waals surface area contributed by atoms with Crippen molar-refractivity contribution in [2.45, 2.75) is 25.7 Å². The first-order chi connectivity index (χ1) is 9.33. The van der Waals surface area contributed by atoms with Crippen LogP contribution >= 0.6 is 0 Å². The van der Waals surface area contributed by atoms with Crippen molar-refractivity contribution in [3.05, 3.63) is 65.1 Å². The number of carbonyl (C=O) groups excluding carboxylic acids is 1. The molecule has 0 radical (unpaired) electrons. The van der Waals surface area contributed by atoms with Crippen molar-refractivity contribution in [2.24, 2.45) is 0 Å². The highest BCUT2D eigenvalue weighted by atomic mass is 16.3. The maximum atomic E-state index is 12.1. The van der Waals surface area contributed by atoms with E-state index in [0.29, 0.717) is 5.76 Å². The molecular formula is C17H16O2. The summed E-state index contributed by atoms with van der Waals surface area (Å²) in [6, 6.07) is 9.71. The standard InChI is InChI=1S/C17H16O2/c18-17(10-9-16-6-3-11-19-16)15-8-7-13-4-1-2-5-14(13)12-15/h3,6-12H,1-2,4-5H2/b10-9+. The molecule has 0 bridgehead atoms. The third-order valence-corrected chi connectivity index (χ3v) is 3.58. The zero-order valence-corrected chi connectivity index (χ0v) is 10.8. The average Bonchev–Trinajstić information content (AvgIpc) is 2.97. The molecule has 19 heavy (non-hydrogen) atoms. The van der Waals surface area contributed by atoms with Gasteiger partial charge < -0.3 is 4.42 Å². The van der Waals surface area contributed by atoms with Gasteiger partial charge in [-0.3, -0.25) is 4.79 Å². The number of fused-ring (bicyclic) bond motifs is 1. The highest BCUT2D eigenvalue weighted by molar-refractivity contribution is 6.06. The Kier molecular flexibility index (Phi) is 3.32. The molecule has 96 valence electrons. The van der Waals surface area contributed by atoms with Gasteiger partial charge in [0.2, 0.25) is 0 Å². The van der Waals surface area contributed by atoms with Gasteiger partial charge in [0, 0.05) is 5.56 Å². The van der Waals surface area contributed by atoms with E-state index in [-0.39, 0.29) is 5.78 Å². The zero-order chi connectivity index (χ0) is 13.1. The summed E-state index contributed by atoms with van der Waals surface area (Å²) in [4.78, 5) is 12.1. The fraction of sp³-hybridized carbons (Fsp3) is 0.235. The van der Waals surface area contributed by atoms with Gasteiger partial charge >= 0.3 is 0 Å². The summed E-state index contributed by atoms with van der Waals surface area (Å²) >= 11 is 0. The van der Waals surface area contributed by atoms with Crippen molar-refractivity contribution in [1.29, 1.82) is 0 Å². The van der Waals surface area contributed by atoms with Gasteiger partial charge in [-0.2, -0.15) is 0 Å². The lowest BCUT2D eigenvalue weighted by Gasteiger charge is -2.15. The highest BCUT2D eigenvalue weighted by Gasteiger charge is 2.11. The number of rotatable bonds is 3. The number of ketones is 1.